The molecule has 0 unspecified atom stereocenters. The molecule has 0 aliphatic heterocycles. The van der Waals surface area contributed by atoms with Crippen LogP contribution in [0.2, 0.25) is 5.02 Å². The first-order valence-electron chi connectivity index (χ1n) is 7.27. The Labute approximate surface area is 149 Å². The molecule has 8 heteroatoms. The maximum Gasteiger partial charge on any atom is 0.238 e. The van der Waals surface area contributed by atoms with Gasteiger partial charge in [0.05, 0.1) is 11.0 Å². The molecule has 2 N–H and O–H groups in total. The first-order valence-corrected chi connectivity index (χ1v) is 8.70. The number of nitrogens with one attached hydrogen (secondary N) is 2. The van der Waals surface area contributed by atoms with Crippen molar-refractivity contribution in [1.82, 2.24) is 5.16 Å². The number of aromatic nitrogens is 1. The fourth-order valence-electron chi connectivity index (χ4n) is 1.86. The highest BCUT2D eigenvalue weighted by Gasteiger charge is 2.17. The highest BCUT2D eigenvalue weighted by atomic mass is 35.5. The van der Waals surface area contributed by atoms with E-state index in [1.165, 1.54) is 11.8 Å². The number of amides is 2. The van der Waals surface area contributed by atoms with E-state index in [2.05, 4.69) is 15.8 Å². The zero-order chi connectivity index (χ0) is 17.7. The number of hydrogen-bond donors (Lipinski definition) is 2. The van der Waals surface area contributed by atoms with Gasteiger partial charge in [0.1, 0.15) is 5.76 Å². The summed E-state index contributed by atoms with van der Waals surface area (Å²) in [6.07, 6.45) is 0. The van der Waals surface area contributed by atoms with Crippen LogP contribution in [0.25, 0.3) is 0 Å². The Hall–Kier alpha value is -1.99. The average molecular weight is 368 g/mol. The van der Waals surface area contributed by atoms with Crippen molar-refractivity contribution in [2.75, 3.05) is 16.4 Å². The van der Waals surface area contributed by atoms with Gasteiger partial charge in [0.25, 0.3) is 0 Å². The van der Waals surface area contributed by atoms with Crippen LogP contribution in [0.5, 0.6) is 0 Å². The molecule has 0 fully saturated rings. The van der Waals surface area contributed by atoms with Crippen molar-refractivity contribution in [2.45, 2.75) is 26.0 Å². The quantitative estimate of drug-likeness (QED) is 0.814. The second-order valence-electron chi connectivity index (χ2n) is 5.23. The van der Waals surface area contributed by atoms with Crippen LogP contribution in [0.1, 0.15) is 18.2 Å². The predicted molar refractivity (Wildman–Crippen MR) is 96.6 cm³/mol. The number of carbonyl (C=O) groups excluding carboxylic acids is 2. The van der Waals surface area contributed by atoms with E-state index in [0.717, 1.165) is 5.56 Å². The topological polar surface area (TPSA) is 84.2 Å². The van der Waals surface area contributed by atoms with Gasteiger partial charge in [0, 0.05) is 16.8 Å². The van der Waals surface area contributed by atoms with E-state index in [1.807, 2.05) is 6.92 Å². The van der Waals surface area contributed by atoms with Crippen LogP contribution in [0.3, 0.4) is 0 Å². The van der Waals surface area contributed by atoms with Crippen molar-refractivity contribution in [3.63, 3.8) is 0 Å². The number of rotatable bonds is 6. The summed E-state index contributed by atoms with van der Waals surface area (Å²) in [7, 11) is 0. The number of hydrogen-bond acceptors (Lipinski definition) is 5. The smallest absolute Gasteiger partial charge is 0.238 e. The lowest BCUT2D eigenvalue weighted by Crippen LogP contribution is -2.25. The average Bonchev–Trinajstić information content (AvgIpc) is 2.94. The lowest BCUT2D eigenvalue weighted by molar-refractivity contribution is -0.115. The summed E-state index contributed by atoms with van der Waals surface area (Å²) in [5.41, 5.74) is 1.48. The van der Waals surface area contributed by atoms with Gasteiger partial charge in [-0.2, -0.15) is 0 Å². The van der Waals surface area contributed by atoms with Gasteiger partial charge in [-0.3, -0.25) is 9.59 Å². The minimum absolute atomic E-state index is 0.151. The van der Waals surface area contributed by atoms with Gasteiger partial charge in [0.2, 0.25) is 11.8 Å². The molecule has 2 amide bonds. The van der Waals surface area contributed by atoms with E-state index in [9.17, 15) is 9.59 Å². The van der Waals surface area contributed by atoms with Crippen molar-refractivity contribution < 1.29 is 14.1 Å². The lowest BCUT2D eigenvalue weighted by Gasteiger charge is -2.12. The molecule has 1 aromatic carbocycles. The van der Waals surface area contributed by atoms with Gasteiger partial charge in [0.15, 0.2) is 5.82 Å². The van der Waals surface area contributed by atoms with E-state index in [4.69, 9.17) is 16.1 Å². The van der Waals surface area contributed by atoms with Crippen LogP contribution in [0.15, 0.2) is 28.8 Å². The molecule has 1 atom stereocenters. The van der Waals surface area contributed by atoms with Crippen molar-refractivity contribution in [3.05, 3.63) is 40.6 Å². The molecule has 1 aromatic heterocycles. The van der Waals surface area contributed by atoms with Crippen LogP contribution in [0.4, 0.5) is 11.5 Å². The van der Waals surface area contributed by atoms with E-state index in [1.54, 1.807) is 38.1 Å². The van der Waals surface area contributed by atoms with Crippen LogP contribution in [-0.4, -0.2) is 28.0 Å². The Balaban J connectivity index is 1.82. The van der Waals surface area contributed by atoms with Crippen LogP contribution in [-0.2, 0) is 9.59 Å². The number of carbonyl (C=O) groups is 2. The molecule has 0 bridgehead atoms. The van der Waals surface area contributed by atoms with Gasteiger partial charge < -0.3 is 15.2 Å². The number of anilines is 2. The zero-order valence-electron chi connectivity index (χ0n) is 13.6. The number of nitrogens with zero attached hydrogens (tertiary/aromatic N) is 1. The number of halogens is 1. The van der Waals surface area contributed by atoms with Crippen molar-refractivity contribution in [2.24, 2.45) is 0 Å². The molecular formula is C16H18ClN3O3S. The van der Waals surface area contributed by atoms with Crippen molar-refractivity contribution in [1.29, 1.82) is 0 Å². The second kappa shape index (κ2) is 8.21. The molecule has 128 valence electrons. The number of benzene rings is 1. The molecule has 0 aliphatic rings. The predicted octanol–water partition coefficient (Wildman–Crippen LogP) is 3.64. The van der Waals surface area contributed by atoms with Gasteiger partial charge in [-0.15, -0.1) is 11.8 Å². The summed E-state index contributed by atoms with van der Waals surface area (Å²) in [6.45, 7) is 5.30. The Kier molecular flexibility index (Phi) is 6.28. The minimum atomic E-state index is -0.409. The highest BCUT2D eigenvalue weighted by molar-refractivity contribution is 8.01. The zero-order valence-corrected chi connectivity index (χ0v) is 15.1. The SMILES string of the molecule is Cc1cc(NC(=O)[C@@H](C)SCC(=O)Nc2cccc(Cl)c2C)no1. The van der Waals surface area contributed by atoms with Gasteiger partial charge in [-0.1, -0.05) is 22.8 Å². The number of aryl methyl sites for hydroxylation is 1. The molecule has 2 aromatic rings. The first-order chi connectivity index (χ1) is 11.4. The van der Waals surface area contributed by atoms with Crippen molar-refractivity contribution >= 4 is 46.7 Å². The molecule has 0 spiro atoms. The Morgan fingerprint density at radius 3 is 2.75 bits per heavy atom. The maximum absolute atomic E-state index is 12.0. The summed E-state index contributed by atoms with van der Waals surface area (Å²) >= 11 is 7.25. The third kappa shape index (κ3) is 5.01. The Morgan fingerprint density at radius 1 is 1.33 bits per heavy atom. The molecule has 0 radical (unpaired) electrons. The molecular weight excluding hydrogens is 350 g/mol. The van der Waals surface area contributed by atoms with E-state index in [-0.39, 0.29) is 17.6 Å². The third-order valence-corrected chi connectivity index (χ3v) is 4.81. The Morgan fingerprint density at radius 2 is 2.08 bits per heavy atom. The molecule has 0 saturated carbocycles. The second-order valence-corrected chi connectivity index (χ2v) is 6.96. The summed E-state index contributed by atoms with van der Waals surface area (Å²) in [5, 5.41) is 9.32. The van der Waals surface area contributed by atoms with Crippen LogP contribution >= 0.6 is 23.4 Å². The molecule has 2 rings (SSSR count). The molecule has 0 aliphatic carbocycles. The third-order valence-electron chi connectivity index (χ3n) is 3.25. The van der Waals surface area contributed by atoms with Gasteiger partial charge >= 0.3 is 0 Å². The lowest BCUT2D eigenvalue weighted by atomic mass is 10.2. The molecule has 1 heterocycles. The van der Waals surface area contributed by atoms with E-state index in [0.29, 0.717) is 22.3 Å². The monoisotopic (exact) mass is 367 g/mol. The minimum Gasteiger partial charge on any atom is -0.360 e. The largest absolute Gasteiger partial charge is 0.360 e. The fourth-order valence-corrected chi connectivity index (χ4v) is 2.72. The van der Waals surface area contributed by atoms with E-state index >= 15 is 0 Å². The summed E-state index contributed by atoms with van der Waals surface area (Å²) in [5.74, 6) is 0.700. The maximum atomic E-state index is 12.0. The summed E-state index contributed by atoms with van der Waals surface area (Å²) in [4.78, 5) is 24.1. The van der Waals surface area contributed by atoms with Gasteiger partial charge in [-0.05, 0) is 38.5 Å². The molecule has 6 nitrogen and oxygen atoms in total. The van der Waals surface area contributed by atoms with Crippen LogP contribution in [0, 0.1) is 13.8 Å². The summed E-state index contributed by atoms with van der Waals surface area (Å²) in [6, 6.07) is 6.95. The van der Waals surface area contributed by atoms with Crippen molar-refractivity contribution in [3.8, 4) is 0 Å². The molecule has 0 saturated heterocycles. The summed E-state index contributed by atoms with van der Waals surface area (Å²) < 4.78 is 4.88. The normalized spacial score (nSPS) is 11.8. The fraction of sp³-hybridized carbons (Fsp3) is 0.312. The van der Waals surface area contributed by atoms with Crippen LogP contribution < -0.4 is 10.6 Å². The van der Waals surface area contributed by atoms with Gasteiger partial charge in [-0.25, -0.2) is 0 Å². The van der Waals surface area contributed by atoms with E-state index < -0.39 is 5.25 Å². The Bertz CT molecular complexity index is 748. The number of thioether (sulfide) groups is 1. The first kappa shape index (κ1) is 18.4. The molecule has 24 heavy (non-hydrogen) atoms. The standard InChI is InChI=1S/C16H18ClN3O3S/c1-9-7-14(20-23-9)19-16(22)11(3)24-8-15(21)18-13-6-4-5-12(17)10(13)2/h4-7,11H,8H2,1-3H3,(H,18,21)(H,19,20,22)/t11-/m1/s1. The highest BCUT2D eigenvalue weighted by Crippen LogP contribution is 2.23.